The second-order valence-corrected chi connectivity index (χ2v) is 10.1. The van der Waals surface area contributed by atoms with Gasteiger partial charge in [-0.2, -0.15) is 0 Å². The van der Waals surface area contributed by atoms with Crippen molar-refractivity contribution in [3.05, 3.63) is 47.5 Å². The fourth-order valence-electron chi connectivity index (χ4n) is 2.92. The molecule has 0 spiro atoms. The zero-order valence-corrected chi connectivity index (χ0v) is 21.1. The van der Waals surface area contributed by atoms with E-state index in [1.54, 1.807) is 47.6 Å². The highest BCUT2D eigenvalue weighted by molar-refractivity contribution is 6.14. The van der Waals surface area contributed by atoms with Gasteiger partial charge in [0.25, 0.3) is 0 Å². The number of carbonyl (C=O) groups is 3. The molecule has 0 saturated heterocycles. The van der Waals surface area contributed by atoms with Crippen LogP contribution in [-0.4, -0.2) is 29.1 Å². The Morgan fingerprint density at radius 2 is 1.27 bits per heavy atom. The van der Waals surface area contributed by atoms with Gasteiger partial charge in [-0.1, -0.05) is 55.7 Å². The average molecular weight is 461 g/mol. The quantitative estimate of drug-likeness (QED) is 0.0940. The van der Waals surface area contributed by atoms with Crippen molar-refractivity contribution >= 4 is 17.9 Å². The number of hydrogen-bond acceptors (Lipinski definition) is 6. The third-order valence-electron chi connectivity index (χ3n) is 4.41. The van der Waals surface area contributed by atoms with Gasteiger partial charge in [-0.3, -0.25) is 4.79 Å². The molecular formula is C27H40O6. The topological polar surface area (TPSA) is 78.9 Å². The standard InChI is InChI=1S/C27H40O6/c1-26(2,3)32-24(29)22(25(30)33-27(4,5)6)18-14-9-7-8-10-15-19-23(28)31-20-21-16-12-11-13-17-21/h11-13,16-18H,7-10,14-15,19-20H2,1-6H3. The summed E-state index contributed by atoms with van der Waals surface area (Å²) in [5.41, 5.74) is -0.460. The molecule has 33 heavy (non-hydrogen) atoms. The van der Waals surface area contributed by atoms with Crippen LogP contribution in [0.2, 0.25) is 0 Å². The van der Waals surface area contributed by atoms with Crippen molar-refractivity contribution < 1.29 is 28.6 Å². The van der Waals surface area contributed by atoms with E-state index in [2.05, 4.69) is 0 Å². The zero-order chi connectivity index (χ0) is 24.9. The van der Waals surface area contributed by atoms with Crippen LogP contribution in [0.15, 0.2) is 42.0 Å². The molecule has 0 aliphatic rings. The van der Waals surface area contributed by atoms with Gasteiger partial charge in [0.15, 0.2) is 0 Å². The maximum absolute atomic E-state index is 12.5. The highest BCUT2D eigenvalue weighted by Gasteiger charge is 2.28. The monoisotopic (exact) mass is 460 g/mol. The van der Waals surface area contributed by atoms with Crippen LogP contribution in [0.1, 0.15) is 92.1 Å². The molecule has 6 heteroatoms. The van der Waals surface area contributed by atoms with E-state index in [1.807, 2.05) is 30.3 Å². The average Bonchev–Trinajstić information content (AvgIpc) is 2.69. The molecule has 0 amide bonds. The van der Waals surface area contributed by atoms with Crippen LogP contribution in [0.5, 0.6) is 0 Å². The molecule has 184 valence electrons. The van der Waals surface area contributed by atoms with Gasteiger partial charge in [0.05, 0.1) is 0 Å². The summed E-state index contributed by atoms with van der Waals surface area (Å²) < 4.78 is 16.0. The first-order valence-electron chi connectivity index (χ1n) is 11.7. The molecule has 0 unspecified atom stereocenters. The van der Waals surface area contributed by atoms with Crippen LogP contribution < -0.4 is 0 Å². The van der Waals surface area contributed by atoms with Gasteiger partial charge in [-0.25, -0.2) is 9.59 Å². The Kier molecular flexibility index (Phi) is 11.9. The fraction of sp³-hybridized carbons (Fsp3) is 0.593. The number of esters is 3. The van der Waals surface area contributed by atoms with E-state index in [9.17, 15) is 14.4 Å². The van der Waals surface area contributed by atoms with E-state index in [0.717, 1.165) is 37.7 Å². The molecule has 0 aliphatic carbocycles. The molecular weight excluding hydrogens is 420 g/mol. The van der Waals surface area contributed by atoms with Crippen LogP contribution in [0.3, 0.4) is 0 Å². The number of ether oxygens (including phenoxy) is 3. The van der Waals surface area contributed by atoms with E-state index in [1.165, 1.54) is 0 Å². The lowest BCUT2D eigenvalue weighted by Gasteiger charge is -2.23. The van der Waals surface area contributed by atoms with Gasteiger partial charge in [0.1, 0.15) is 23.4 Å². The fourth-order valence-corrected chi connectivity index (χ4v) is 2.92. The van der Waals surface area contributed by atoms with Crippen molar-refractivity contribution in [2.24, 2.45) is 0 Å². The minimum Gasteiger partial charge on any atom is -0.461 e. The summed E-state index contributed by atoms with van der Waals surface area (Å²) in [7, 11) is 0. The highest BCUT2D eigenvalue weighted by Crippen LogP contribution is 2.17. The van der Waals surface area contributed by atoms with Crippen LogP contribution in [-0.2, 0) is 35.2 Å². The first-order valence-corrected chi connectivity index (χ1v) is 11.7. The Morgan fingerprint density at radius 1 is 0.758 bits per heavy atom. The number of rotatable bonds is 12. The summed E-state index contributed by atoms with van der Waals surface area (Å²) in [6.07, 6.45) is 7.04. The van der Waals surface area contributed by atoms with Crippen molar-refractivity contribution in [1.29, 1.82) is 0 Å². The largest absolute Gasteiger partial charge is 0.461 e. The Bertz CT molecular complexity index is 751. The third-order valence-corrected chi connectivity index (χ3v) is 4.41. The minimum absolute atomic E-state index is 0.0546. The molecule has 0 aliphatic heterocycles. The van der Waals surface area contributed by atoms with E-state index in [4.69, 9.17) is 14.2 Å². The van der Waals surface area contributed by atoms with Gasteiger partial charge in [0, 0.05) is 6.42 Å². The van der Waals surface area contributed by atoms with Crippen LogP contribution in [0.4, 0.5) is 0 Å². The lowest BCUT2D eigenvalue weighted by Crippen LogP contribution is -2.31. The maximum Gasteiger partial charge on any atom is 0.345 e. The van der Waals surface area contributed by atoms with Crippen molar-refractivity contribution in [3.63, 3.8) is 0 Å². The molecule has 0 saturated carbocycles. The normalized spacial score (nSPS) is 11.5. The lowest BCUT2D eigenvalue weighted by atomic mass is 10.1. The highest BCUT2D eigenvalue weighted by atomic mass is 16.6. The predicted molar refractivity (Wildman–Crippen MR) is 128 cm³/mol. The molecule has 1 aromatic carbocycles. The molecule has 0 heterocycles. The molecule has 0 fully saturated rings. The summed E-state index contributed by atoms with van der Waals surface area (Å²) in [6, 6.07) is 9.62. The summed E-state index contributed by atoms with van der Waals surface area (Å²) in [6.45, 7) is 10.9. The molecule has 1 rings (SSSR count). The minimum atomic E-state index is -0.694. The third kappa shape index (κ3) is 14.2. The van der Waals surface area contributed by atoms with Gasteiger partial charge >= 0.3 is 17.9 Å². The number of hydrogen-bond donors (Lipinski definition) is 0. The molecule has 0 atom stereocenters. The Hall–Kier alpha value is -2.63. The smallest absolute Gasteiger partial charge is 0.345 e. The van der Waals surface area contributed by atoms with Gasteiger partial charge in [-0.05, 0) is 66.4 Å². The van der Waals surface area contributed by atoms with E-state index >= 15 is 0 Å². The second-order valence-electron chi connectivity index (χ2n) is 10.1. The van der Waals surface area contributed by atoms with Gasteiger partial charge < -0.3 is 14.2 Å². The molecule has 1 aromatic rings. The van der Waals surface area contributed by atoms with Gasteiger partial charge in [-0.15, -0.1) is 0 Å². The summed E-state index contributed by atoms with van der Waals surface area (Å²) in [4.78, 5) is 36.8. The molecule has 0 radical (unpaired) electrons. The summed E-state index contributed by atoms with van der Waals surface area (Å²) >= 11 is 0. The first-order chi connectivity index (χ1) is 15.4. The Labute approximate surface area is 198 Å². The van der Waals surface area contributed by atoms with Crippen LogP contribution in [0.25, 0.3) is 0 Å². The maximum atomic E-state index is 12.5. The van der Waals surface area contributed by atoms with E-state index in [-0.39, 0.29) is 11.5 Å². The summed E-state index contributed by atoms with van der Waals surface area (Å²) in [5.74, 6) is -1.50. The van der Waals surface area contributed by atoms with Crippen molar-refractivity contribution in [2.45, 2.75) is 104 Å². The molecule has 0 N–H and O–H groups in total. The SMILES string of the molecule is CC(C)(C)OC(=O)C(=CCCCCCCCC(=O)OCc1ccccc1)C(=O)OC(C)(C)C. The Morgan fingerprint density at radius 3 is 1.82 bits per heavy atom. The predicted octanol–water partition coefficient (Wildman–Crippen LogP) is 6.07. The lowest BCUT2D eigenvalue weighted by molar-refractivity contribution is -0.158. The van der Waals surface area contributed by atoms with E-state index in [0.29, 0.717) is 19.4 Å². The van der Waals surface area contributed by atoms with E-state index < -0.39 is 23.1 Å². The summed E-state index contributed by atoms with van der Waals surface area (Å²) in [5, 5.41) is 0. The van der Waals surface area contributed by atoms with Crippen LogP contribution in [0, 0.1) is 0 Å². The Balaban J connectivity index is 2.34. The van der Waals surface area contributed by atoms with Crippen LogP contribution >= 0.6 is 0 Å². The number of unbranched alkanes of at least 4 members (excludes halogenated alkanes) is 5. The zero-order valence-electron chi connectivity index (χ0n) is 21.1. The number of allylic oxidation sites excluding steroid dienone is 1. The van der Waals surface area contributed by atoms with Crippen molar-refractivity contribution in [3.8, 4) is 0 Å². The van der Waals surface area contributed by atoms with Crippen molar-refractivity contribution in [2.75, 3.05) is 0 Å². The first kappa shape index (κ1) is 28.4. The second kappa shape index (κ2) is 13.8. The molecule has 0 aromatic heterocycles. The molecule has 6 nitrogen and oxygen atoms in total. The van der Waals surface area contributed by atoms with Gasteiger partial charge in [0.2, 0.25) is 0 Å². The molecule has 0 bridgehead atoms. The number of benzene rings is 1. The number of carbonyl (C=O) groups excluding carboxylic acids is 3. The van der Waals surface area contributed by atoms with Crippen molar-refractivity contribution in [1.82, 2.24) is 0 Å².